The molecular formula is C28H31Cl2P2Pd. The van der Waals surface area contributed by atoms with Crippen molar-refractivity contribution in [2.45, 2.75) is 24.7 Å². The van der Waals surface area contributed by atoms with E-state index in [2.05, 4.69) is 116 Å². The first-order valence-electron chi connectivity index (χ1n) is 10.7. The predicted octanol–water partition coefficient (Wildman–Crippen LogP) is 8.84. The second kappa shape index (κ2) is 15.1. The number of hydrogen-bond acceptors (Lipinski definition) is 0. The average molecular weight is 607 g/mol. The van der Waals surface area contributed by atoms with Crippen molar-refractivity contribution < 1.29 is 15.8 Å². The molecule has 2 unspecified atom stereocenters. The second-order valence-corrected chi connectivity index (χ2v) is 19.8. The summed E-state index contributed by atoms with van der Waals surface area (Å²) >= 11 is -0.577. The number of unbranched alkanes of at least 4 members (excludes halogenated alkanes) is 1. The molecule has 4 aromatic rings. The normalized spacial score (nSPS) is 11.4. The zero-order valence-corrected chi connectivity index (χ0v) is 23.8. The maximum Gasteiger partial charge on any atom is -0.147 e. The summed E-state index contributed by atoms with van der Waals surface area (Å²) in [6.07, 6.45) is 2.66. The molecule has 4 rings (SSSR count). The molecule has 0 fully saturated rings. The first-order chi connectivity index (χ1) is 15.3. The monoisotopic (exact) mass is 605 g/mol. The van der Waals surface area contributed by atoms with Crippen LogP contribution in [0.25, 0.3) is 22.3 Å². The van der Waals surface area contributed by atoms with Crippen molar-refractivity contribution in [3.63, 3.8) is 0 Å². The molecule has 0 heterocycles. The molecule has 5 heteroatoms. The Bertz CT molecular complexity index is 972. The van der Waals surface area contributed by atoms with Crippen LogP contribution in [0.1, 0.15) is 19.8 Å². The number of rotatable bonds is 9. The number of halogens is 2. The molecule has 0 N–H and O–H groups in total. The summed E-state index contributed by atoms with van der Waals surface area (Å²) in [5.74, 6) is 0. The van der Waals surface area contributed by atoms with E-state index in [1.165, 1.54) is 50.6 Å². The van der Waals surface area contributed by atoms with Gasteiger partial charge in [-0.3, -0.25) is 0 Å². The molecule has 0 saturated carbocycles. The molecule has 0 spiro atoms. The second-order valence-electron chi connectivity index (χ2n) is 7.36. The van der Waals surface area contributed by atoms with E-state index in [4.69, 9.17) is 0 Å². The Morgan fingerprint density at radius 3 is 1.24 bits per heavy atom. The van der Waals surface area contributed by atoms with Crippen LogP contribution in [0.5, 0.6) is 0 Å². The van der Waals surface area contributed by atoms with Crippen LogP contribution in [0.4, 0.5) is 0 Å². The van der Waals surface area contributed by atoms with E-state index in [1.54, 1.807) is 0 Å². The van der Waals surface area contributed by atoms with E-state index in [0.29, 0.717) is 0 Å². The van der Waals surface area contributed by atoms with Gasteiger partial charge in [-0.2, -0.15) is 0 Å². The Balaban J connectivity index is 0.00000193. The summed E-state index contributed by atoms with van der Waals surface area (Å²) in [7, 11) is 0. The number of benzene rings is 4. The van der Waals surface area contributed by atoms with Gasteiger partial charge in [0.25, 0.3) is 0 Å². The summed E-state index contributed by atoms with van der Waals surface area (Å²) in [5, 5.41) is 3.07. The van der Waals surface area contributed by atoms with Crippen LogP contribution in [-0.2, 0) is 15.8 Å². The minimum absolute atomic E-state index is 0. The fourth-order valence-electron chi connectivity index (χ4n) is 3.23. The van der Waals surface area contributed by atoms with Gasteiger partial charge in [0.05, 0.1) is 0 Å². The fourth-order valence-corrected chi connectivity index (χ4v) is 17.0. The predicted molar refractivity (Wildman–Crippen MR) is 154 cm³/mol. The summed E-state index contributed by atoms with van der Waals surface area (Å²) in [4.78, 5) is 1.43. The van der Waals surface area contributed by atoms with E-state index >= 15 is 0 Å². The SMILES string of the molecule is CCC[CH2][Pd]([PH]c1ccc(-c2ccccc2)cc1)[PH]c1ccc(-c2ccccc2)cc1.Cl.Cl. The molecule has 4 aromatic carbocycles. The molecule has 0 aliphatic carbocycles. The largest absolute Gasteiger partial charge is 0.147 e. The van der Waals surface area contributed by atoms with Crippen molar-refractivity contribution >= 4 is 49.0 Å². The summed E-state index contributed by atoms with van der Waals surface area (Å²) in [6, 6.07) is 40.0. The third-order valence-corrected chi connectivity index (χ3v) is 17.9. The maximum atomic E-state index is 2.37. The molecule has 0 radical (unpaired) electrons. The third kappa shape index (κ3) is 8.61. The van der Waals surface area contributed by atoms with Crippen molar-refractivity contribution in [3.05, 3.63) is 109 Å². The van der Waals surface area contributed by atoms with E-state index in [0.717, 1.165) is 13.5 Å². The van der Waals surface area contributed by atoms with Crippen LogP contribution < -0.4 is 10.6 Å². The zero-order chi connectivity index (χ0) is 21.3. The van der Waals surface area contributed by atoms with Gasteiger partial charge in [0, 0.05) is 0 Å². The molecule has 0 aliphatic heterocycles. The van der Waals surface area contributed by atoms with Crippen molar-refractivity contribution in [1.82, 2.24) is 0 Å². The van der Waals surface area contributed by atoms with Gasteiger partial charge >= 0.3 is 196 Å². The average Bonchev–Trinajstić information content (AvgIpc) is 2.84. The minimum Gasteiger partial charge on any atom is -0.147 e. The molecule has 0 nitrogen and oxygen atoms in total. The molecule has 0 bridgehead atoms. The minimum atomic E-state index is -0.577. The van der Waals surface area contributed by atoms with Crippen LogP contribution in [0.2, 0.25) is 4.89 Å². The smallest absolute Gasteiger partial charge is 0.147 e. The summed E-state index contributed by atoms with van der Waals surface area (Å²) in [6.45, 7) is 4.29. The van der Waals surface area contributed by atoms with Crippen molar-refractivity contribution in [2.75, 3.05) is 0 Å². The maximum absolute atomic E-state index is 2.37. The van der Waals surface area contributed by atoms with Gasteiger partial charge in [0.2, 0.25) is 0 Å². The Kier molecular flexibility index (Phi) is 12.9. The summed E-state index contributed by atoms with van der Waals surface area (Å²) < 4.78 is 0. The first-order valence-corrected chi connectivity index (χ1v) is 18.1. The Labute approximate surface area is 219 Å². The van der Waals surface area contributed by atoms with E-state index < -0.39 is 15.8 Å². The van der Waals surface area contributed by atoms with Crippen LogP contribution in [-0.4, -0.2) is 0 Å². The van der Waals surface area contributed by atoms with Crippen molar-refractivity contribution in [3.8, 4) is 22.3 Å². The van der Waals surface area contributed by atoms with E-state index in [1.807, 2.05) is 0 Å². The van der Waals surface area contributed by atoms with Gasteiger partial charge in [0.15, 0.2) is 0 Å². The van der Waals surface area contributed by atoms with E-state index in [-0.39, 0.29) is 24.8 Å². The Morgan fingerprint density at radius 1 is 0.515 bits per heavy atom. The molecule has 177 valence electrons. The zero-order valence-electron chi connectivity index (χ0n) is 18.6. The molecule has 2 atom stereocenters. The molecular weight excluding hydrogens is 576 g/mol. The molecule has 0 aromatic heterocycles. The first kappa shape index (κ1) is 28.2. The molecule has 0 amide bonds. The molecule has 33 heavy (non-hydrogen) atoms. The van der Waals surface area contributed by atoms with Gasteiger partial charge in [0.1, 0.15) is 0 Å². The van der Waals surface area contributed by atoms with Crippen molar-refractivity contribution in [2.24, 2.45) is 0 Å². The topological polar surface area (TPSA) is 0 Å². The van der Waals surface area contributed by atoms with Crippen LogP contribution in [0.3, 0.4) is 0 Å². The standard InChI is InChI=1S/2C12H10P.C4H9.2ClH.Pd/c2*13-12-8-6-11(7-9-12)10-4-2-1-3-5-10;1-3-4-2;;;/h2*1-9,13H;1,3-4H2,2H3;2*1H;/q2*-1;;;;+2. The van der Waals surface area contributed by atoms with Gasteiger partial charge in [-0.25, -0.2) is 0 Å². The quantitative estimate of drug-likeness (QED) is 0.132. The summed E-state index contributed by atoms with van der Waals surface area (Å²) in [5.41, 5.74) is 5.24. The van der Waals surface area contributed by atoms with Crippen LogP contribution >= 0.6 is 38.4 Å². The molecule has 0 saturated heterocycles. The van der Waals surface area contributed by atoms with Gasteiger partial charge in [-0.05, 0) is 0 Å². The van der Waals surface area contributed by atoms with Crippen molar-refractivity contribution in [1.29, 1.82) is 0 Å². The van der Waals surface area contributed by atoms with Gasteiger partial charge < -0.3 is 0 Å². The van der Waals surface area contributed by atoms with Gasteiger partial charge in [-0.1, -0.05) is 0 Å². The Hall–Kier alpha value is -1.02. The van der Waals surface area contributed by atoms with Crippen LogP contribution in [0, 0.1) is 0 Å². The molecule has 0 aliphatic rings. The third-order valence-electron chi connectivity index (χ3n) is 4.98. The number of hydrogen-bond donors (Lipinski definition) is 0. The fraction of sp³-hybridized carbons (Fsp3) is 0.143. The Morgan fingerprint density at radius 2 is 0.879 bits per heavy atom. The van der Waals surface area contributed by atoms with E-state index in [9.17, 15) is 0 Å². The van der Waals surface area contributed by atoms with Gasteiger partial charge in [-0.15, -0.1) is 24.8 Å². The van der Waals surface area contributed by atoms with Crippen LogP contribution in [0.15, 0.2) is 109 Å².